The normalized spacial score (nSPS) is 26.7. The number of ether oxygens (including phenoxy) is 1. The first-order valence-electron chi connectivity index (χ1n) is 13.9. The van der Waals surface area contributed by atoms with Gasteiger partial charge in [-0.15, -0.1) is 0 Å². The summed E-state index contributed by atoms with van der Waals surface area (Å²) in [5.74, 6) is 0.373. The van der Waals surface area contributed by atoms with Gasteiger partial charge in [0.1, 0.15) is 5.83 Å². The standard InChI is InChI=1S/C31H36FN3O3/c1-20-15-25(32)6-4-8-27(20)35-28-16-24-11-12-29(31(24,23-9-10-23)17-22(28)18-34-35)38-19-21-5-2-3-7-26(21)30(37)33-13-14-36/h2,4-5,8,15-16,18,23,29,36H,3,6-7,9-14,17,19H2,1H3,(H,33,37). The maximum absolute atomic E-state index is 14.0. The highest BCUT2D eigenvalue weighted by Crippen LogP contribution is 2.62. The van der Waals surface area contributed by atoms with Crippen molar-refractivity contribution in [1.82, 2.24) is 15.1 Å². The predicted octanol–water partition coefficient (Wildman–Crippen LogP) is 5.20. The summed E-state index contributed by atoms with van der Waals surface area (Å²) >= 11 is 0. The molecule has 6 rings (SSSR count). The van der Waals surface area contributed by atoms with E-state index in [0.717, 1.165) is 53.8 Å². The fraction of sp³-hybridized carbons (Fsp3) is 0.484. The summed E-state index contributed by atoms with van der Waals surface area (Å²) in [4.78, 5) is 12.7. The van der Waals surface area contributed by atoms with E-state index in [9.17, 15) is 9.18 Å². The van der Waals surface area contributed by atoms with Crippen LogP contribution in [0.1, 0.15) is 63.1 Å². The molecule has 2 atom stereocenters. The average molecular weight is 518 g/mol. The topological polar surface area (TPSA) is 76.4 Å². The molecule has 5 aliphatic rings. The SMILES string of the molecule is CC1=C(n2ncc3c2C=C2CCC(OCC4=C(C(=O)NCCO)CCC=C4)C2(C2CC2)C3)C=CCC(F)=C1. The van der Waals surface area contributed by atoms with Gasteiger partial charge in [-0.3, -0.25) is 4.79 Å². The zero-order valence-corrected chi connectivity index (χ0v) is 22.0. The van der Waals surface area contributed by atoms with Crippen LogP contribution < -0.4 is 5.32 Å². The van der Waals surface area contributed by atoms with Crippen LogP contribution in [0.2, 0.25) is 0 Å². The van der Waals surface area contributed by atoms with E-state index in [-0.39, 0.29) is 36.4 Å². The summed E-state index contributed by atoms with van der Waals surface area (Å²) in [6, 6.07) is 0. The van der Waals surface area contributed by atoms with E-state index in [4.69, 9.17) is 14.9 Å². The first-order valence-corrected chi connectivity index (χ1v) is 13.9. The highest BCUT2D eigenvalue weighted by molar-refractivity contribution is 5.95. The predicted molar refractivity (Wildman–Crippen MR) is 145 cm³/mol. The minimum absolute atomic E-state index is 0.0200. The van der Waals surface area contributed by atoms with Gasteiger partial charge in [-0.05, 0) is 92.7 Å². The Hall–Kier alpha value is -3.03. The van der Waals surface area contributed by atoms with Crippen LogP contribution in [0.15, 0.2) is 64.7 Å². The lowest BCUT2D eigenvalue weighted by Crippen LogP contribution is -2.40. The molecule has 2 N–H and O–H groups in total. The van der Waals surface area contributed by atoms with Crippen molar-refractivity contribution in [2.45, 2.75) is 64.4 Å². The van der Waals surface area contributed by atoms with Crippen molar-refractivity contribution in [2.75, 3.05) is 19.8 Å². The number of nitrogens with zero attached hydrogens (tertiary/aromatic N) is 2. The molecular formula is C31H36FN3O3. The van der Waals surface area contributed by atoms with Gasteiger partial charge in [0.05, 0.1) is 36.9 Å². The van der Waals surface area contributed by atoms with Crippen molar-refractivity contribution >= 4 is 17.7 Å². The van der Waals surface area contributed by atoms with E-state index in [1.165, 1.54) is 24.0 Å². The summed E-state index contributed by atoms with van der Waals surface area (Å²) < 4.78 is 22.7. The molecule has 2 unspecified atom stereocenters. The summed E-state index contributed by atoms with van der Waals surface area (Å²) in [5.41, 5.74) is 7.27. The van der Waals surface area contributed by atoms with Crippen molar-refractivity contribution in [2.24, 2.45) is 11.3 Å². The monoisotopic (exact) mass is 517 g/mol. The van der Waals surface area contributed by atoms with Crippen LogP contribution in [0.3, 0.4) is 0 Å². The van der Waals surface area contributed by atoms with Gasteiger partial charge in [0.25, 0.3) is 0 Å². The smallest absolute Gasteiger partial charge is 0.247 e. The Kier molecular flexibility index (Phi) is 6.82. The molecule has 1 heterocycles. The largest absolute Gasteiger partial charge is 0.395 e. The van der Waals surface area contributed by atoms with E-state index in [2.05, 4.69) is 17.5 Å². The van der Waals surface area contributed by atoms with Crippen LogP contribution in [0.5, 0.6) is 0 Å². The molecule has 6 nitrogen and oxygen atoms in total. The third-order valence-electron chi connectivity index (χ3n) is 8.81. The van der Waals surface area contributed by atoms with Crippen LogP contribution in [-0.4, -0.2) is 46.7 Å². The number of aliphatic hydroxyl groups is 1. The molecule has 0 spiro atoms. The van der Waals surface area contributed by atoms with Gasteiger partial charge in [0.2, 0.25) is 5.91 Å². The van der Waals surface area contributed by atoms with E-state index >= 15 is 0 Å². The second kappa shape index (κ2) is 10.3. The second-order valence-corrected chi connectivity index (χ2v) is 11.2. The average Bonchev–Trinajstić information content (AvgIpc) is 3.65. The Labute approximate surface area is 223 Å². The zero-order valence-electron chi connectivity index (χ0n) is 22.0. The molecule has 1 amide bonds. The molecule has 7 heteroatoms. The number of rotatable bonds is 8. The van der Waals surface area contributed by atoms with Crippen molar-refractivity contribution in [3.63, 3.8) is 0 Å². The number of halogens is 1. The Morgan fingerprint density at radius 2 is 2.11 bits per heavy atom. The van der Waals surface area contributed by atoms with Crippen LogP contribution in [0.25, 0.3) is 11.8 Å². The van der Waals surface area contributed by atoms with Crippen LogP contribution in [0.4, 0.5) is 4.39 Å². The summed E-state index contributed by atoms with van der Waals surface area (Å²) in [5, 5.41) is 16.7. The third kappa shape index (κ3) is 4.46. The maximum Gasteiger partial charge on any atom is 0.247 e. The molecule has 38 heavy (non-hydrogen) atoms. The summed E-state index contributed by atoms with van der Waals surface area (Å²) in [6.07, 6.45) is 21.2. The molecule has 1 aromatic heterocycles. The fourth-order valence-corrected chi connectivity index (χ4v) is 6.87. The van der Waals surface area contributed by atoms with Crippen LogP contribution in [-0.2, 0) is 16.0 Å². The minimum Gasteiger partial charge on any atom is -0.395 e. The minimum atomic E-state index is -0.131. The lowest BCUT2D eigenvalue weighted by molar-refractivity contribution is -0.117. The quantitative estimate of drug-likeness (QED) is 0.497. The van der Waals surface area contributed by atoms with Gasteiger partial charge in [-0.1, -0.05) is 23.8 Å². The lowest BCUT2D eigenvalue weighted by atomic mass is 9.68. The number of carbonyl (C=O) groups is 1. The number of carbonyl (C=O) groups excluding carboxylic acids is 1. The molecule has 0 aliphatic heterocycles. The van der Waals surface area contributed by atoms with E-state index in [1.807, 2.05) is 36.0 Å². The number of fused-ring (bicyclic) bond motifs is 2. The molecule has 200 valence electrons. The van der Waals surface area contributed by atoms with E-state index in [1.54, 1.807) is 6.08 Å². The second-order valence-electron chi connectivity index (χ2n) is 11.2. The Balaban J connectivity index is 1.27. The number of amides is 1. The number of hydrogen-bond donors (Lipinski definition) is 2. The molecule has 2 fully saturated rings. The molecule has 1 aromatic rings. The van der Waals surface area contributed by atoms with Crippen LogP contribution in [0, 0.1) is 11.3 Å². The number of hydrogen-bond acceptors (Lipinski definition) is 4. The highest BCUT2D eigenvalue weighted by Gasteiger charge is 2.57. The van der Waals surface area contributed by atoms with Crippen molar-refractivity contribution < 1.29 is 19.0 Å². The lowest BCUT2D eigenvalue weighted by Gasteiger charge is -2.40. The summed E-state index contributed by atoms with van der Waals surface area (Å²) in [6.45, 7) is 2.55. The molecule has 0 bridgehead atoms. The maximum atomic E-state index is 14.0. The Morgan fingerprint density at radius 3 is 2.92 bits per heavy atom. The van der Waals surface area contributed by atoms with Crippen LogP contribution >= 0.6 is 0 Å². The highest BCUT2D eigenvalue weighted by atomic mass is 19.1. The molecule has 2 saturated carbocycles. The molecule has 5 aliphatic carbocycles. The van der Waals surface area contributed by atoms with Gasteiger partial charge < -0.3 is 15.2 Å². The number of aromatic nitrogens is 2. The van der Waals surface area contributed by atoms with Gasteiger partial charge in [0, 0.05) is 24.0 Å². The number of nitrogens with one attached hydrogen (secondary N) is 1. The van der Waals surface area contributed by atoms with Gasteiger partial charge in [-0.25, -0.2) is 9.07 Å². The van der Waals surface area contributed by atoms with Gasteiger partial charge >= 0.3 is 0 Å². The number of allylic oxidation sites excluding steroid dienone is 7. The first kappa shape index (κ1) is 25.3. The van der Waals surface area contributed by atoms with E-state index in [0.29, 0.717) is 25.4 Å². The van der Waals surface area contributed by atoms with E-state index < -0.39 is 0 Å². The first-order chi connectivity index (χ1) is 18.5. The Bertz CT molecular complexity index is 1320. The zero-order chi connectivity index (χ0) is 26.3. The third-order valence-corrected chi connectivity index (χ3v) is 8.81. The molecule has 0 radical (unpaired) electrons. The van der Waals surface area contributed by atoms with Crippen molar-refractivity contribution in [3.8, 4) is 0 Å². The molecule has 0 aromatic carbocycles. The number of aliphatic hydroxyl groups excluding tert-OH is 1. The molecule has 0 saturated heterocycles. The fourth-order valence-electron chi connectivity index (χ4n) is 6.87. The van der Waals surface area contributed by atoms with Gasteiger partial charge in [0.15, 0.2) is 0 Å². The van der Waals surface area contributed by atoms with Crippen molar-refractivity contribution in [1.29, 1.82) is 0 Å². The summed E-state index contributed by atoms with van der Waals surface area (Å²) in [7, 11) is 0. The van der Waals surface area contributed by atoms with Crippen molar-refractivity contribution in [3.05, 3.63) is 76.0 Å². The Morgan fingerprint density at radius 1 is 1.24 bits per heavy atom. The molecular weight excluding hydrogens is 481 g/mol. The van der Waals surface area contributed by atoms with Gasteiger partial charge in [-0.2, -0.15) is 5.10 Å².